The molecule has 5 aliphatic rings. The maximum Gasteiger partial charge on any atom is 0.373 e. The monoisotopic (exact) mass is 504 g/mol. The average molecular weight is 505 g/mol. The molecular formula is C27H40N2O7. The largest absolute Gasteiger partial charge is 0.390 e. The molecule has 5 fully saturated rings. The Kier molecular flexibility index (Phi) is 6.47. The zero-order chi connectivity index (χ0) is 25.9. The van der Waals surface area contributed by atoms with Crippen LogP contribution in [-0.2, 0) is 24.1 Å². The van der Waals surface area contributed by atoms with Crippen molar-refractivity contribution in [2.24, 2.45) is 39.7 Å². The molecule has 8 atom stereocenters. The highest BCUT2D eigenvalue weighted by Crippen LogP contribution is 2.68. The van der Waals surface area contributed by atoms with Crippen LogP contribution < -0.4 is 0 Å². The summed E-state index contributed by atoms with van der Waals surface area (Å²) in [6.45, 7) is 6.19. The van der Waals surface area contributed by atoms with Gasteiger partial charge in [0.15, 0.2) is 0 Å². The number of aliphatic hydroxyl groups is 2. The molecule has 9 heteroatoms. The second kappa shape index (κ2) is 9.08. The molecule has 4 aliphatic carbocycles. The van der Waals surface area contributed by atoms with E-state index < -0.39 is 36.1 Å². The number of hydroxylamine groups is 2. The summed E-state index contributed by atoms with van der Waals surface area (Å²) in [5.41, 5.74) is -0.0779. The van der Waals surface area contributed by atoms with Gasteiger partial charge in [0, 0.05) is 18.3 Å². The van der Waals surface area contributed by atoms with E-state index in [2.05, 4.69) is 19.0 Å². The molecule has 0 aromatic carbocycles. The highest BCUT2D eigenvalue weighted by atomic mass is 16.7. The number of carbonyl (C=O) groups excluding carboxylic acids is 3. The summed E-state index contributed by atoms with van der Waals surface area (Å²) >= 11 is 0. The fraction of sp³-hybridized carbons (Fsp3) is 0.852. The second-order valence-electron chi connectivity index (χ2n) is 12.3. The summed E-state index contributed by atoms with van der Waals surface area (Å²) in [4.78, 5) is 45.2. The van der Waals surface area contributed by atoms with Crippen molar-refractivity contribution in [2.75, 3.05) is 6.61 Å². The van der Waals surface area contributed by atoms with Gasteiger partial charge in [-0.3, -0.25) is 9.59 Å². The van der Waals surface area contributed by atoms with Crippen LogP contribution in [0, 0.1) is 34.5 Å². The van der Waals surface area contributed by atoms with Gasteiger partial charge in [0.2, 0.25) is 6.61 Å². The van der Waals surface area contributed by atoms with Crippen molar-refractivity contribution in [1.29, 1.82) is 0 Å². The molecule has 2 N–H and O–H groups in total. The summed E-state index contributed by atoms with van der Waals surface area (Å²) in [6.07, 6.45) is 7.64. The quantitative estimate of drug-likeness (QED) is 0.435. The summed E-state index contributed by atoms with van der Waals surface area (Å²) in [6, 6.07) is 0. The summed E-state index contributed by atoms with van der Waals surface area (Å²) < 4.78 is 0. The van der Waals surface area contributed by atoms with Gasteiger partial charge in [0.1, 0.15) is 0 Å². The molecule has 2 amide bonds. The van der Waals surface area contributed by atoms with Crippen molar-refractivity contribution in [3.63, 3.8) is 0 Å². The third kappa shape index (κ3) is 3.80. The second-order valence-corrected chi connectivity index (χ2v) is 12.3. The molecule has 1 heterocycles. The van der Waals surface area contributed by atoms with Gasteiger partial charge < -0.3 is 19.9 Å². The van der Waals surface area contributed by atoms with Gasteiger partial charge in [-0.05, 0) is 86.9 Å². The maximum absolute atomic E-state index is 12.0. The molecule has 0 unspecified atom stereocenters. The van der Waals surface area contributed by atoms with Crippen molar-refractivity contribution in [3.8, 4) is 0 Å². The first kappa shape index (κ1) is 25.6. The van der Waals surface area contributed by atoms with Crippen molar-refractivity contribution in [2.45, 2.75) is 103 Å². The predicted molar refractivity (Wildman–Crippen MR) is 129 cm³/mol. The zero-order valence-corrected chi connectivity index (χ0v) is 21.7. The van der Waals surface area contributed by atoms with E-state index in [1.807, 2.05) is 6.92 Å². The first-order valence-corrected chi connectivity index (χ1v) is 13.7. The smallest absolute Gasteiger partial charge is 0.373 e. The molecule has 1 aliphatic heterocycles. The van der Waals surface area contributed by atoms with Gasteiger partial charge in [-0.1, -0.05) is 25.9 Å². The Morgan fingerprint density at radius 2 is 1.81 bits per heavy atom. The lowest BCUT2D eigenvalue weighted by atomic mass is 9.44. The van der Waals surface area contributed by atoms with E-state index in [1.165, 1.54) is 0 Å². The van der Waals surface area contributed by atoms with Crippen LogP contribution in [0.2, 0.25) is 0 Å². The zero-order valence-electron chi connectivity index (χ0n) is 21.7. The van der Waals surface area contributed by atoms with E-state index in [0.717, 1.165) is 50.7 Å². The van der Waals surface area contributed by atoms with Crippen molar-refractivity contribution in [1.82, 2.24) is 5.06 Å². The minimum absolute atomic E-state index is 0.0529. The van der Waals surface area contributed by atoms with Gasteiger partial charge in [-0.25, -0.2) is 4.79 Å². The van der Waals surface area contributed by atoms with E-state index >= 15 is 0 Å². The Bertz CT molecular complexity index is 952. The number of amides is 2. The highest BCUT2D eigenvalue weighted by molar-refractivity contribution is 6.01. The molecule has 200 valence electrons. The van der Waals surface area contributed by atoms with Crippen LogP contribution in [0.15, 0.2) is 5.16 Å². The number of oxime groups is 1. The third-order valence-electron chi connectivity index (χ3n) is 11.0. The molecule has 36 heavy (non-hydrogen) atoms. The molecule has 0 spiro atoms. The van der Waals surface area contributed by atoms with Crippen LogP contribution in [0.1, 0.15) is 91.4 Å². The molecule has 9 nitrogen and oxygen atoms in total. The minimum atomic E-state index is -0.985. The number of aliphatic hydroxyl groups excluding tert-OH is 1. The molecule has 1 saturated heterocycles. The molecule has 4 saturated carbocycles. The van der Waals surface area contributed by atoms with Gasteiger partial charge >= 0.3 is 5.97 Å². The van der Waals surface area contributed by atoms with Gasteiger partial charge in [0.25, 0.3) is 11.8 Å². The Morgan fingerprint density at radius 3 is 2.50 bits per heavy atom. The lowest BCUT2D eigenvalue weighted by Gasteiger charge is -2.61. The first-order chi connectivity index (χ1) is 17.0. The van der Waals surface area contributed by atoms with E-state index in [0.29, 0.717) is 41.6 Å². The van der Waals surface area contributed by atoms with Gasteiger partial charge in [-0.2, -0.15) is 0 Å². The SMILES string of the molecule is CC[C@]1(O)[C@@H](O)C[C@H]2[C@@H]3CC[C@H]4C/C(=N/OCC(=O)ON5C(=O)CCC5=O)CC[C@]4(C)[C@H]3CC[C@@]21C. The van der Waals surface area contributed by atoms with Crippen LogP contribution >= 0.6 is 0 Å². The first-order valence-electron chi connectivity index (χ1n) is 13.7. The number of carbonyl (C=O) groups is 3. The van der Waals surface area contributed by atoms with Gasteiger partial charge in [0.05, 0.1) is 17.4 Å². The molecule has 0 aromatic rings. The summed E-state index contributed by atoms with van der Waals surface area (Å²) in [5.74, 6) is 0.0948. The minimum Gasteiger partial charge on any atom is -0.390 e. The van der Waals surface area contributed by atoms with Gasteiger partial charge in [-0.15, -0.1) is 5.06 Å². The molecule has 0 radical (unpaired) electrons. The molecule has 0 aromatic heterocycles. The Morgan fingerprint density at radius 1 is 1.08 bits per heavy atom. The highest BCUT2D eigenvalue weighted by Gasteiger charge is 2.67. The van der Waals surface area contributed by atoms with Crippen LogP contribution in [0.4, 0.5) is 0 Å². The maximum atomic E-state index is 12.0. The average Bonchev–Trinajstić information content (AvgIpc) is 3.27. The normalized spacial score (nSPS) is 45.3. The van der Waals surface area contributed by atoms with E-state index in [4.69, 9.17) is 9.68 Å². The van der Waals surface area contributed by atoms with Crippen molar-refractivity contribution in [3.05, 3.63) is 0 Å². The van der Waals surface area contributed by atoms with Crippen LogP contribution in [0.3, 0.4) is 0 Å². The van der Waals surface area contributed by atoms with Crippen molar-refractivity contribution >= 4 is 23.5 Å². The number of hydrogen-bond donors (Lipinski definition) is 2. The van der Waals surface area contributed by atoms with E-state index in [1.54, 1.807) is 0 Å². The Balaban J connectivity index is 1.20. The number of fused-ring (bicyclic) bond motifs is 5. The van der Waals surface area contributed by atoms with Crippen LogP contribution in [-0.4, -0.2) is 57.1 Å². The third-order valence-corrected chi connectivity index (χ3v) is 11.0. The van der Waals surface area contributed by atoms with Crippen LogP contribution in [0.5, 0.6) is 0 Å². The summed E-state index contributed by atoms with van der Waals surface area (Å²) in [7, 11) is 0. The van der Waals surface area contributed by atoms with E-state index in [-0.39, 0.29) is 23.7 Å². The number of nitrogens with zero attached hydrogens (tertiary/aromatic N) is 2. The fourth-order valence-electron chi connectivity index (χ4n) is 8.85. The van der Waals surface area contributed by atoms with Crippen LogP contribution in [0.25, 0.3) is 0 Å². The number of rotatable bonds is 5. The molecule has 5 rings (SSSR count). The van der Waals surface area contributed by atoms with E-state index in [9.17, 15) is 24.6 Å². The molecular weight excluding hydrogens is 464 g/mol. The standard InChI is InChI=1S/C27H40N2O7/c1-4-27(34)21(30)14-20-18-6-5-16-13-17(9-11-25(16,2)19(18)10-12-26(20,27)3)28-35-15-24(33)36-29-22(31)7-8-23(29)32/h16,18-21,30,34H,4-15H2,1-3H3/b28-17+/t16-,18+,19-,20-,21-,25-,26-,27-/m0/s1. The lowest BCUT2D eigenvalue weighted by molar-refractivity contribution is -0.200. The predicted octanol–water partition coefficient (Wildman–Crippen LogP) is 3.12. The summed E-state index contributed by atoms with van der Waals surface area (Å²) in [5, 5.41) is 27.0. The number of imide groups is 1. The Labute approximate surface area is 212 Å². The number of hydrogen-bond acceptors (Lipinski definition) is 8. The lowest BCUT2D eigenvalue weighted by Crippen LogP contribution is -2.57. The fourth-order valence-corrected chi connectivity index (χ4v) is 8.85. The van der Waals surface area contributed by atoms with Crippen molar-refractivity contribution < 1.29 is 34.3 Å². The molecule has 0 bridgehead atoms. The topological polar surface area (TPSA) is 126 Å². The Hall–Kier alpha value is -2.00.